The minimum atomic E-state index is -2.00. The average molecular weight is 479 g/mol. The second-order valence-corrected chi connectivity index (χ2v) is 11.1. The largest absolute Gasteiger partial charge is 0.347 e. The van der Waals surface area contributed by atoms with E-state index in [0.717, 1.165) is 18.1 Å². The van der Waals surface area contributed by atoms with Crippen LogP contribution in [0.1, 0.15) is 153 Å². The maximum Gasteiger partial charge on any atom is 0.199 e. The molecule has 1 rings (SSSR count). The Morgan fingerprint density at radius 1 is 0.515 bits per heavy atom. The Bertz CT molecular complexity index is 558. The first kappa shape index (κ1) is 30.6. The Hall–Kier alpha value is -0.430. The van der Waals surface area contributed by atoms with E-state index in [2.05, 4.69) is 19.9 Å². The lowest BCUT2D eigenvalue weighted by Crippen LogP contribution is -2.12. The van der Waals surface area contributed by atoms with Crippen LogP contribution < -0.4 is 5.30 Å². The minimum Gasteiger partial charge on any atom is -0.347 e. The first-order valence-electron chi connectivity index (χ1n) is 14.5. The highest BCUT2D eigenvalue weighted by Crippen LogP contribution is 2.28. The van der Waals surface area contributed by atoms with Crippen molar-refractivity contribution in [2.75, 3.05) is 0 Å². The van der Waals surface area contributed by atoms with Crippen LogP contribution in [0.5, 0.6) is 0 Å². The van der Waals surface area contributed by atoms with Gasteiger partial charge in [-0.1, -0.05) is 142 Å². The molecule has 0 heterocycles. The molecule has 0 spiro atoms. The molecule has 0 aromatic heterocycles. The molecule has 0 saturated carbocycles. The molecule has 0 bridgehead atoms. The van der Waals surface area contributed by atoms with E-state index in [9.17, 15) is 9.79 Å². The van der Waals surface area contributed by atoms with Crippen LogP contribution in [0.15, 0.2) is 18.2 Å². The van der Waals surface area contributed by atoms with E-state index >= 15 is 0 Å². The summed E-state index contributed by atoms with van der Waals surface area (Å²) in [4.78, 5) is 19.9. The smallest absolute Gasteiger partial charge is 0.199 e. The Labute approximate surface area is 207 Å². The van der Waals surface area contributed by atoms with Crippen molar-refractivity contribution in [2.24, 2.45) is 0 Å². The summed E-state index contributed by atoms with van der Waals surface area (Å²) >= 11 is 0. The molecule has 2 nitrogen and oxygen atoms in total. The first-order valence-corrected chi connectivity index (χ1v) is 15.7. The van der Waals surface area contributed by atoms with Gasteiger partial charge in [0.25, 0.3) is 0 Å². The highest BCUT2D eigenvalue weighted by Gasteiger charge is 2.14. The fourth-order valence-corrected chi connectivity index (χ4v) is 5.64. The standard InChI is InChI=1S/C30H55O2P/c1-3-5-7-9-11-13-15-17-19-21-24-28-25-23-27-30(33(31)32)29(28)26-22-20-18-16-14-12-10-8-6-4-2/h23,25,27,31-32H,3-22,24,26H2,1-2H3. The van der Waals surface area contributed by atoms with Crippen LogP contribution in [0, 0.1) is 0 Å². The highest BCUT2D eigenvalue weighted by molar-refractivity contribution is 7.54. The Morgan fingerprint density at radius 2 is 0.909 bits per heavy atom. The second kappa shape index (κ2) is 22.1. The van der Waals surface area contributed by atoms with E-state index in [1.807, 2.05) is 12.1 Å². The molecule has 0 fully saturated rings. The van der Waals surface area contributed by atoms with Crippen molar-refractivity contribution in [3.8, 4) is 0 Å². The van der Waals surface area contributed by atoms with Gasteiger partial charge in [0.1, 0.15) is 0 Å². The van der Waals surface area contributed by atoms with Gasteiger partial charge in [0.05, 0.1) is 0 Å². The fraction of sp³-hybridized carbons (Fsp3) is 0.800. The topological polar surface area (TPSA) is 40.5 Å². The summed E-state index contributed by atoms with van der Waals surface area (Å²) in [5.41, 5.74) is 2.60. The summed E-state index contributed by atoms with van der Waals surface area (Å²) in [5, 5.41) is 0.797. The molecule has 0 atom stereocenters. The Morgan fingerprint density at radius 3 is 1.33 bits per heavy atom. The van der Waals surface area contributed by atoms with Gasteiger partial charge in [0, 0.05) is 5.30 Å². The van der Waals surface area contributed by atoms with Gasteiger partial charge in [0.2, 0.25) is 0 Å². The van der Waals surface area contributed by atoms with Crippen molar-refractivity contribution < 1.29 is 9.79 Å². The van der Waals surface area contributed by atoms with Gasteiger partial charge < -0.3 is 9.79 Å². The molecule has 3 heteroatoms. The predicted octanol–water partition coefficient (Wildman–Crippen LogP) is 9.54. The van der Waals surface area contributed by atoms with E-state index in [-0.39, 0.29) is 0 Å². The van der Waals surface area contributed by atoms with Crippen molar-refractivity contribution in [2.45, 2.75) is 155 Å². The number of benzene rings is 1. The van der Waals surface area contributed by atoms with Crippen LogP contribution in [-0.4, -0.2) is 9.79 Å². The zero-order chi connectivity index (χ0) is 24.0. The van der Waals surface area contributed by atoms with E-state index in [1.165, 1.54) is 140 Å². The van der Waals surface area contributed by atoms with Crippen LogP contribution in [-0.2, 0) is 12.8 Å². The second-order valence-electron chi connectivity index (χ2n) is 10.1. The molecule has 0 aliphatic carbocycles. The molecule has 0 unspecified atom stereocenters. The summed E-state index contributed by atoms with van der Waals surface area (Å²) in [6.07, 6.45) is 29.0. The summed E-state index contributed by atoms with van der Waals surface area (Å²) < 4.78 is 0. The summed E-state index contributed by atoms with van der Waals surface area (Å²) in [6, 6.07) is 6.17. The fourth-order valence-electron chi connectivity index (χ4n) is 4.92. The van der Waals surface area contributed by atoms with E-state index in [1.54, 1.807) is 0 Å². The van der Waals surface area contributed by atoms with Gasteiger partial charge in [-0.25, -0.2) is 0 Å². The lowest BCUT2D eigenvalue weighted by Gasteiger charge is -2.16. The summed E-state index contributed by atoms with van der Waals surface area (Å²) in [6.45, 7) is 4.55. The van der Waals surface area contributed by atoms with Crippen LogP contribution in [0.3, 0.4) is 0 Å². The molecular weight excluding hydrogens is 423 g/mol. The average Bonchev–Trinajstić information content (AvgIpc) is 2.81. The summed E-state index contributed by atoms with van der Waals surface area (Å²) in [7, 11) is -2.00. The molecule has 0 radical (unpaired) electrons. The third-order valence-electron chi connectivity index (χ3n) is 7.04. The van der Waals surface area contributed by atoms with Gasteiger partial charge in [0.15, 0.2) is 8.38 Å². The quantitative estimate of drug-likeness (QED) is 0.121. The minimum absolute atomic E-state index is 0.797. The molecule has 192 valence electrons. The molecule has 0 amide bonds. The normalized spacial score (nSPS) is 11.5. The maximum absolute atomic E-state index is 9.96. The molecule has 0 saturated heterocycles. The number of aryl methyl sites for hydroxylation is 1. The van der Waals surface area contributed by atoms with Gasteiger partial charge >= 0.3 is 0 Å². The number of hydrogen-bond acceptors (Lipinski definition) is 2. The van der Waals surface area contributed by atoms with Crippen LogP contribution in [0.4, 0.5) is 0 Å². The third-order valence-corrected chi connectivity index (χ3v) is 7.89. The van der Waals surface area contributed by atoms with Gasteiger partial charge in [-0.3, -0.25) is 0 Å². The number of unbranched alkanes of at least 4 members (excludes halogenated alkanes) is 18. The molecule has 2 N–H and O–H groups in total. The van der Waals surface area contributed by atoms with Gasteiger partial charge in [-0.05, 0) is 42.9 Å². The summed E-state index contributed by atoms with van der Waals surface area (Å²) in [5.74, 6) is 0. The van der Waals surface area contributed by atoms with E-state index in [0.29, 0.717) is 0 Å². The molecule has 33 heavy (non-hydrogen) atoms. The van der Waals surface area contributed by atoms with Crippen molar-refractivity contribution in [3.63, 3.8) is 0 Å². The molecular formula is C30H55O2P. The number of rotatable bonds is 23. The number of hydrogen-bond donors (Lipinski definition) is 2. The highest BCUT2D eigenvalue weighted by atomic mass is 31.2. The Balaban J connectivity index is 2.28. The van der Waals surface area contributed by atoms with Crippen molar-refractivity contribution in [3.05, 3.63) is 29.3 Å². The maximum atomic E-state index is 9.96. The zero-order valence-corrected chi connectivity index (χ0v) is 23.0. The molecule has 1 aromatic rings. The van der Waals surface area contributed by atoms with Gasteiger partial charge in [-0.15, -0.1) is 0 Å². The lowest BCUT2D eigenvalue weighted by molar-refractivity contribution is 0.496. The van der Waals surface area contributed by atoms with Crippen molar-refractivity contribution >= 4 is 13.7 Å². The molecule has 0 aliphatic heterocycles. The van der Waals surface area contributed by atoms with Crippen molar-refractivity contribution in [1.82, 2.24) is 0 Å². The van der Waals surface area contributed by atoms with E-state index in [4.69, 9.17) is 0 Å². The molecule has 0 aliphatic rings. The van der Waals surface area contributed by atoms with Crippen LogP contribution >= 0.6 is 8.38 Å². The lowest BCUT2D eigenvalue weighted by atomic mass is 9.96. The monoisotopic (exact) mass is 478 g/mol. The van der Waals surface area contributed by atoms with E-state index < -0.39 is 8.38 Å². The third kappa shape index (κ3) is 16.0. The first-order chi connectivity index (χ1) is 16.2. The van der Waals surface area contributed by atoms with Crippen LogP contribution in [0.2, 0.25) is 0 Å². The van der Waals surface area contributed by atoms with Gasteiger partial charge in [-0.2, -0.15) is 0 Å². The predicted molar refractivity (Wildman–Crippen MR) is 149 cm³/mol. The van der Waals surface area contributed by atoms with Crippen molar-refractivity contribution in [1.29, 1.82) is 0 Å². The zero-order valence-electron chi connectivity index (χ0n) is 22.1. The van der Waals surface area contributed by atoms with Crippen LogP contribution in [0.25, 0.3) is 0 Å². The molecule has 1 aromatic carbocycles. The Kier molecular flexibility index (Phi) is 20.5. The SMILES string of the molecule is CCCCCCCCCCCCc1cccc(P(O)O)c1CCCCCCCCCCCC.